The number of nitrogens with zero attached hydrogens (tertiary/aromatic N) is 3. The van der Waals surface area contributed by atoms with Gasteiger partial charge in [-0.3, -0.25) is 9.36 Å². The molecule has 0 radical (unpaired) electrons. The maximum Gasteiger partial charge on any atom is 0.235 e. The summed E-state index contributed by atoms with van der Waals surface area (Å²) in [7, 11) is -1.35. The van der Waals surface area contributed by atoms with Crippen molar-refractivity contribution in [2.45, 2.75) is 43.6 Å². The minimum absolute atomic E-state index is 0.0435. The first kappa shape index (κ1) is 23.6. The van der Waals surface area contributed by atoms with Crippen molar-refractivity contribution in [1.29, 1.82) is 0 Å². The molecule has 1 aliphatic rings. The summed E-state index contributed by atoms with van der Waals surface area (Å²) in [6, 6.07) is 16.0. The number of carbonyl (C=O) groups is 1. The number of carbonyl (C=O) groups excluding carboxylic acids is 1. The van der Waals surface area contributed by atoms with Crippen molar-refractivity contribution in [2.75, 3.05) is 18.6 Å². The van der Waals surface area contributed by atoms with Gasteiger partial charge in [-0.1, -0.05) is 60.3 Å². The number of aromatic nitrogens is 2. The molecule has 0 aliphatic carbocycles. The first-order valence-electron chi connectivity index (χ1n) is 11.0. The number of thioether (sulfide) groups is 1. The Bertz CT molecular complexity index is 1250. The van der Waals surface area contributed by atoms with Crippen LogP contribution in [0.1, 0.15) is 24.5 Å². The lowest BCUT2D eigenvalue weighted by atomic mass is 10.1. The number of sulfone groups is 1. The molecule has 2 unspecified atom stereocenters. The minimum Gasteiger partial charge on any atom is -0.341 e. The van der Waals surface area contributed by atoms with Gasteiger partial charge >= 0.3 is 0 Å². The van der Waals surface area contributed by atoms with E-state index in [9.17, 15) is 13.2 Å². The topological polar surface area (TPSA) is 72.3 Å². The summed E-state index contributed by atoms with van der Waals surface area (Å²) >= 11 is 1.40. The second kappa shape index (κ2) is 9.35. The average Bonchev–Trinajstić information content (AvgIpc) is 3.36. The maximum atomic E-state index is 13.2. The highest BCUT2D eigenvalue weighted by Crippen LogP contribution is 2.35. The predicted octanol–water partition coefficient (Wildman–Crippen LogP) is 4.28. The third-order valence-corrected chi connectivity index (χ3v) is 9.00. The first-order valence-corrected chi connectivity index (χ1v) is 13.7. The summed E-state index contributed by atoms with van der Waals surface area (Å²) in [4.78, 5) is 19.5. The smallest absolute Gasteiger partial charge is 0.235 e. The van der Waals surface area contributed by atoms with Crippen LogP contribution in [0.4, 0.5) is 0 Å². The van der Waals surface area contributed by atoms with E-state index in [2.05, 4.69) is 42.7 Å². The molecule has 2 aromatic carbocycles. The molecule has 1 aromatic heterocycles. The molecular weight excluding hydrogens is 454 g/mol. The van der Waals surface area contributed by atoms with Gasteiger partial charge in [0.2, 0.25) is 5.91 Å². The summed E-state index contributed by atoms with van der Waals surface area (Å²) in [5.74, 6) is 0.107. The Hall–Kier alpha value is -2.58. The molecular formula is C25H29N3O3S2. The van der Waals surface area contributed by atoms with Crippen LogP contribution in [0.2, 0.25) is 0 Å². The molecule has 1 fully saturated rings. The molecule has 2 heterocycles. The molecule has 8 heteroatoms. The fraction of sp³-hybridized carbons (Fsp3) is 0.360. The van der Waals surface area contributed by atoms with Crippen molar-refractivity contribution < 1.29 is 13.2 Å². The summed E-state index contributed by atoms with van der Waals surface area (Å²) in [5, 5.41) is 0.326. The van der Waals surface area contributed by atoms with Gasteiger partial charge in [-0.05, 0) is 38.3 Å². The lowest BCUT2D eigenvalue weighted by Gasteiger charge is -2.26. The monoisotopic (exact) mass is 483 g/mol. The third-order valence-electron chi connectivity index (χ3n) is 6.20. The maximum absolute atomic E-state index is 13.2. The Morgan fingerprint density at radius 1 is 1.12 bits per heavy atom. The molecule has 6 nitrogen and oxygen atoms in total. The SMILES string of the molecule is Cc1cccc(C)c1-n1c(-c2ccccc2)cnc1SC(C)C(=O)N(C)C1CCS(=O)(=O)C1. The van der Waals surface area contributed by atoms with Crippen molar-refractivity contribution >= 4 is 27.5 Å². The highest BCUT2D eigenvalue weighted by atomic mass is 32.2. The summed E-state index contributed by atoms with van der Waals surface area (Å²) < 4.78 is 25.9. The van der Waals surface area contributed by atoms with Crippen LogP contribution in [-0.4, -0.2) is 58.6 Å². The molecule has 2 atom stereocenters. The van der Waals surface area contributed by atoms with Gasteiger partial charge in [0, 0.05) is 18.7 Å². The number of hydrogen-bond acceptors (Lipinski definition) is 5. The lowest BCUT2D eigenvalue weighted by molar-refractivity contribution is -0.130. The molecule has 1 aliphatic heterocycles. The van der Waals surface area contributed by atoms with Gasteiger partial charge in [-0.15, -0.1) is 0 Å². The molecule has 0 N–H and O–H groups in total. The zero-order chi connectivity index (χ0) is 23.8. The van der Waals surface area contributed by atoms with Crippen molar-refractivity contribution in [3.05, 3.63) is 65.9 Å². The first-order chi connectivity index (χ1) is 15.7. The van der Waals surface area contributed by atoms with E-state index in [1.165, 1.54) is 11.8 Å². The minimum atomic E-state index is -3.06. The van der Waals surface area contributed by atoms with Gasteiger partial charge in [-0.25, -0.2) is 13.4 Å². The second-order valence-corrected chi connectivity index (χ2v) is 12.2. The van der Waals surface area contributed by atoms with E-state index in [1.807, 2.05) is 37.4 Å². The van der Waals surface area contributed by atoms with Crippen molar-refractivity contribution in [2.24, 2.45) is 0 Å². The number of benzene rings is 2. The standard InChI is InChI=1S/C25H29N3O3S2/c1-17-9-8-10-18(2)23(17)28-22(20-11-6-5-7-12-20)15-26-25(28)32-19(3)24(29)27(4)21-13-14-33(30,31)16-21/h5-12,15,19,21H,13-14,16H2,1-4H3. The lowest BCUT2D eigenvalue weighted by Crippen LogP contribution is -2.41. The fourth-order valence-electron chi connectivity index (χ4n) is 4.36. The van der Waals surface area contributed by atoms with Gasteiger partial charge < -0.3 is 4.90 Å². The summed E-state index contributed by atoms with van der Waals surface area (Å²) in [5.41, 5.74) is 5.32. The van der Waals surface area contributed by atoms with Crippen LogP contribution in [0.15, 0.2) is 59.9 Å². The molecule has 33 heavy (non-hydrogen) atoms. The van der Waals surface area contributed by atoms with Crippen molar-refractivity contribution in [1.82, 2.24) is 14.5 Å². The molecule has 1 saturated heterocycles. The highest BCUT2D eigenvalue weighted by Gasteiger charge is 2.34. The number of hydrogen-bond donors (Lipinski definition) is 0. The molecule has 1 amide bonds. The Morgan fingerprint density at radius 2 is 1.79 bits per heavy atom. The zero-order valence-corrected chi connectivity index (χ0v) is 21.0. The van der Waals surface area contributed by atoms with Gasteiger partial charge in [0.1, 0.15) is 0 Å². The second-order valence-electron chi connectivity index (χ2n) is 8.63. The predicted molar refractivity (Wildman–Crippen MR) is 134 cm³/mol. The van der Waals surface area contributed by atoms with Crippen LogP contribution in [0, 0.1) is 13.8 Å². The van der Waals surface area contributed by atoms with Crippen LogP contribution in [-0.2, 0) is 14.6 Å². The van der Waals surface area contributed by atoms with E-state index in [4.69, 9.17) is 4.98 Å². The van der Waals surface area contributed by atoms with E-state index >= 15 is 0 Å². The van der Waals surface area contributed by atoms with E-state index < -0.39 is 15.1 Å². The summed E-state index contributed by atoms with van der Waals surface area (Å²) in [6.45, 7) is 6.02. The van der Waals surface area contributed by atoms with Crippen LogP contribution in [0.25, 0.3) is 16.9 Å². The van der Waals surface area contributed by atoms with Crippen LogP contribution in [0.3, 0.4) is 0 Å². The molecule has 0 bridgehead atoms. The van der Waals surface area contributed by atoms with Crippen molar-refractivity contribution in [3.63, 3.8) is 0 Å². The van der Waals surface area contributed by atoms with Gasteiger partial charge in [-0.2, -0.15) is 0 Å². The number of para-hydroxylation sites is 1. The Morgan fingerprint density at radius 3 is 2.39 bits per heavy atom. The normalized spacial score (nSPS) is 18.2. The van der Waals surface area contributed by atoms with Crippen LogP contribution < -0.4 is 0 Å². The molecule has 4 rings (SSSR count). The quantitative estimate of drug-likeness (QED) is 0.489. The Balaban J connectivity index is 1.68. The zero-order valence-electron chi connectivity index (χ0n) is 19.4. The largest absolute Gasteiger partial charge is 0.341 e. The van der Waals surface area contributed by atoms with Gasteiger partial charge in [0.15, 0.2) is 15.0 Å². The van der Waals surface area contributed by atoms with Crippen LogP contribution >= 0.6 is 11.8 Å². The van der Waals surface area contributed by atoms with Gasteiger partial charge in [0.25, 0.3) is 0 Å². The number of amides is 1. The Kier molecular flexibility index (Phi) is 6.68. The van der Waals surface area contributed by atoms with E-state index in [-0.39, 0.29) is 23.5 Å². The van der Waals surface area contributed by atoms with Gasteiger partial charge in [0.05, 0.1) is 34.3 Å². The Labute approximate surface area is 199 Å². The highest BCUT2D eigenvalue weighted by molar-refractivity contribution is 8.00. The molecule has 0 spiro atoms. The summed E-state index contributed by atoms with van der Waals surface area (Å²) in [6.07, 6.45) is 2.35. The average molecular weight is 484 g/mol. The number of rotatable bonds is 6. The molecule has 0 saturated carbocycles. The third kappa shape index (κ3) is 4.87. The number of imidazole rings is 1. The number of aryl methyl sites for hydroxylation is 2. The molecule has 3 aromatic rings. The van der Waals surface area contributed by atoms with E-state index in [1.54, 1.807) is 11.9 Å². The van der Waals surface area contributed by atoms with E-state index in [0.29, 0.717) is 6.42 Å². The molecule has 174 valence electrons. The van der Waals surface area contributed by atoms with E-state index in [0.717, 1.165) is 33.2 Å². The van der Waals surface area contributed by atoms with Crippen LogP contribution in [0.5, 0.6) is 0 Å². The fourth-order valence-corrected chi connectivity index (χ4v) is 7.13. The van der Waals surface area contributed by atoms with Crippen molar-refractivity contribution in [3.8, 4) is 16.9 Å².